The van der Waals surface area contributed by atoms with E-state index in [2.05, 4.69) is 21.9 Å². The predicted molar refractivity (Wildman–Crippen MR) is 42.3 cm³/mol. The fourth-order valence-electron chi connectivity index (χ4n) is 1.77. The maximum absolute atomic E-state index is 4.08. The average Bonchev–Trinajstić information content (AvgIpc) is 2.50. The Kier molecular flexibility index (Phi) is 1.64. The van der Waals surface area contributed by atoms with Crippen molar-refractivity contribution in [3.8, 4) is 0 Å². The van der Waals surface area contributed by atoms with Crippen LogP contribution in [0.4, 0.5) is 0 Å². The van der Waals surface area contributed by atoms with E-state index in [0.29, 0.717) is 6.04 Å². The average molecular weight is 151 g/mol. The monoisotopic (exact) mass is 151 g/mol. The highest BCUT2D eigenvalue weighted by Crippen LogP contribution is 2.24. The van der Waals surface area contributed by atoms with Crippen molar-refractivity contribution in [3.63, 3.8) is 0 Å². The fourth-order valence-corrected chi connectivity index (χ4v) is 1.77. The topological polar surface area (TPSA) is 30.7 Å². The molecule has 1 aromatic rings. The van der Waals surface area contributed by atoms with Gasteiger partial charge in [0.2, 0.25) is 0 Å². The minimum atomic E-state index is 0.612. The van der Waals surface area contributed by atoms with Gasteiger partial charge in [0, 0.05) is 0 Å². The highest BCUT2D eigenvalue weighted by atomic mass is 15.4. The number of aryl methyl sites for hydroxylation is 1. The predicted octanol–water partition coefficient (Wildman–Crippen LogP) is 1.57. The largest absolute Gasteiger partial charge is 0.246 e. The van der Waals surface area contributed by atoms with Gasteiger partial charge < -0.3 is 0 Å². The van der Waals surface area contributed by atoms with Crippen LogP contribution in [0.2, 0.25) is 0 Å². The lowest BCUT2D eigenvalue weighted by Gasteiger charge is -2.21. The molecular weight excluding hydrogens is 138 g/mol. The van der Waals surface area contributed by atoms with Crippen LogP contribution in [-0.2, 0) is 6.42 Å². The van der Waals surface area contributed by atoms with Gasteiger partial charge in [-0.25, -0.2) is 4.68 Å². The Morgan fingerprint density at radius 3 is 3.45 bits per heavy atom. The second-order valence-electron chi connectivity index (χ2n) is 3.12. The van der Waals surface area contributed by atoms with E-state index in [0.717, 1.165) is 6.42 Å². The van der Waals surface area contributed by atoms with Crippen LogP contribution in [0.1, 0.15) is 37.9 Å². The molecule has 0 aromatic carbocycles. The second kappa shape index (κ2) is 2.64. The van der Waals surface area contributed by atoms with Crippen LogP contribution in [0.3, 0.4) is 0 Å². The molecule has 0 spiro atoms. The molecule has 0 radical (unpaired) electrons. The Balaban J connectivity index is 2.32. The van der Waals surface area contributed by atoms with Gasteiger partial charge in [0.05, 0.1) is 17.9 Å². The SMILES string of the molecule is CCC1CCCc2cnnn21. The van der Waals surface area contributed by atoms with Crippen molar-refractivity contribution in [2.75, 3.05) is 0 Å². The number of aromatic nitrogens is 3. The number of hydrogen-bond acceptors (Lipinski definition) is 2. The van der Waals surface area contributed by atoms with Crippen molar-refractivity contribution >= 4 is 0 Å². The summed E-state index contributed by atoms with van der Waals surface area (Å²) in [6, 6.07) is 0.612. The molecule has 1 aliphatic heterocycles. The zero-order valence-corrected chi connectivity index (χ0v) is 6.82. The van der Waals surface area contributed by atoms with Gasteiger partial charge in [0.15, 0.2) is 0 Å². The van der Waals surface area contributed by atoms with Crippen LogP contribution in [0, 0.1) is 0 Å². The van der Waals surface area contributed by atoms with Crippen LogP contribution in [-0.4, -0.2) is 15.0 Å². The molecule has 2 rings (SSSR count). The Bertz CT molecular complexity index is 241. The van der Waals surface area contributed by atoms with Crippen LogP contribution in [0.5, 0.6) is 0 Å². The molecule has 0 fully saturated rings. The van der Waals surface area contributed by atoms with E-state index in [9.17, 15) is 0 Å². The van der Waals surface area contributed by atoms with Crippen LogP contribution in [0.25, 0.3) is 0 Å². The molecule has 3 nitrogen and oxygen atoms in total. The van der Waals surface area contributed by atoms with E-state index >= 15 is 0 Å². The first kappa shape index (κ1) is 6.83. The Hall–Kier alpha value is -0.860. The van der Waals surface area contributed by atoms with Crippen molar-refractivity contribution in [3.05, 3.63) is 11.9 Å². The molecule has 11 heavy (non-hydrogen) atoms. The number of fused-ring (bicyclic) bond motifs is 1. The molecule has 0 saturated heterocycles. The zero-order chi connectivity index (χ0) is 7.68. The molecule has 1 atom stereocenters. The third-order valence-corrected chi connectivity index (χ3v) is 2.44. The Morgan fingerprint density at radius 2 is 2.64 bits per heavy atom. The van der Waals surface area contributed by atoms with Crippen LogP contribution >= 0.6 is 0 Å². The lowest BCUT2D eigenvalue weighted by molar-refractivity contribution is 0.351. The fraction of sp³-hybridized carbons (Fsp3) is 0.750. The molecular formula is C8H13N3. The van der Waals surface area contributed by atoms with Gasteiger partial charge in [-0.1, -0.05) is 12.1 Å². The third-order valence-electron chi connectivity index (χ3n) is 2.44. The summed E-state index contributed by atoms with van der Waals surface area (Å²) in [7, 11) is 0. The summed E-state index contributed by atoms with van der Waals surface area (Å²) in [4.78, 5) is 0. The minimum absolute atomic E-state index is 0.612. The Labute approximate surface area is 66.4 Å². The van der Waals surface area contributed by atoms with E-state index in [1.165, 1.54) is 25.0 Å². The van der Waals surface area contributed by atoms with Gasteiger partial charge in [0.25, 0.3) is 0 Å². The summed E-state index contributed by atoms with van der Waals surface area (Å²) in [6.07, 6.45) is 6.79. The van der Waals surface area contributed by atoms with Crippen molar-refractivity contribution in [1.82, 2.24) is 15.0 Å². The summed E-state index contributed by atoms with van der Waals surface area (Å²) in [5.41, 5.74) is 1.31. The summed E-state index contributed by atoms with van der Waals surface area (Å²) < 4.78 is 2.09. The molecule has 0 amide bonds. The maximum Gasteiger partial charge on any atom is 0.0725 e. The van der Waals surface area contributed by atoms with Crippen molar-refractivity contribution in [1.29, 1.82) is 0 Å². The van der Waals surface area contributed by atoms with E-state index < -0.39 is 0 Å². The highest BCUT2D eigenvalue weighted by molar-refractivity contribution is 4.99. The van der Waals surface area contributed by atoms with E-state index in [1.54, 1.807) is 0 Å². The van der Waals surface area contributed by atoms with Crippen LogP contribution < -0.4 is 0 Å². The van der Waals surface area contributed by atoms with Gasteiger partial charge in [-0.2, -0.15) is 0 Å². The lowest BCUT2D eigenvalue weighted by Crippen LogP contribution is -2.17. The number of rotatable bonds is 1. The third kappa shape index (κ3) is 1.04. The first-order valence-electron chi connectivity index (χ1n) is 4.31. The van der Waals surface area contributed by atoms with E-state index in [1.807, 2.05) is 6.20 Å². The highest BCUT2D eigenvalue weighted by Gasteiger charge is 2.18. The van der Waals surface area contributed by atoms with Gasteiger partial charge in [-0.05, 0) is 25.7 Å². The summed E-state index contributed by atoms with van der Waals surface area (Å²) >= 11 is 0. The molecule has 2 heterocycles. The molecule has 0 aliphatic carbocycles. The van der Waals surface area contributed by atoms with Gasteiger partial charge in [-0.15, -0.1) is 5.10 Å². The van der Waals surface area contributed by atoms with Crippen molar-refractivity contribution in [2.45, 2.75) is 38.6 Å². The molecule has 0 saturated carbocycles. The van der Waals surface area contributed by atoms with Gasteiger partial charge >= 0.3 is 0 Å². The first-order valence-corrected chi connectivity index (χ1v) is 4.31. The standard InChI is InChI=1S/C8H13N3/c1-2-7-4-3-5-8-6-9-10-11(7)8/h6-7H,2-5H2,1H3. The molecule has 0 bridgehead atoms. The molecule has 1 aromatic heterocycles. The van der Waals surface area contributed by atoms with E-state index in [4.69, 9.17) is 0 Å². The lowest BCUT2D eigenvalue weighted by atomic mass is 10.0. The smallest absolute Gasteiger partial charge is 0.0725 e. The molecule has 0 N–H and O–H groups in total. The number of nitrogens with zero attached hydrogens (tertiary/aromatic N) is 3. The molecule has 1 unspecified atom stereocenters. The second-order valence-corrected chi connectivity index (χ2v) is 3.12. The minimum Gasteiger partial charge on any atom is -0.246 e. The maximum atomic E-state index is 4.08. The van der Waals surface area contributed by atoms with Crippen molar-refractivity contribution in [2.24, 2.45) is 0 Å². The van der Waals surface area contributed by atoms with Crippen LogP contribution in [0.15, 0.2) is 6.20 Å². The Morgan fingerprint density at radius 1 is 1.73 bits per heavy atom. The zero-order valence-electron chi connectivity index (χ0n) is 6.82. The quantitative estimate of drug-likeness (QED) is 0.610. The normalized spacial score (nSPS) is 23.2. The van der Waals surface area contributed by atoms with Crippen molar-refractivity contribution < 1.29 is 0 Å². The van der Waals surface area contributed by atoms with Gasteiger partial charge in [0.1, 0.15) is 0 Å². The van der Waals surface area contributed by atoms with E-state index in [-0.39, 0.29) is 0 Å². The first-order chi connectivity index (χ1) is 5.42. The summed E-state index contributed by atoms with van der Waals surface area (Å²) in [6.45, 7) is 2.21. The van der Waals surface area contributed by atoms with Gasteiger partial charge in [-0.3, -0.25) is 0 Å². The molecule has 1 aliphatic rings. The molecule has 3 heteroatoms. The summed E-state index contributed by atoms with van der Waals surface area (Å²) in [5, 5.41) is 7.99. The molecule has 60 valence electrons. The number of hydrogen-bond donors (Lipinski definition) is 0. The summed E-state index contributed by atoms with van der Waals surface area (Å²) in [5.74, 6) is 0.